The molecule has 0 aliphatic rings. The third-order valence-electron chi connectivity index (χ3n) is 0. The molecule has 0 fully saturated rings. The van der Waals surface area contributed by atoms with Crippen LogP contribution in [0.15, 0.2) is 0 Å². The van der Waals surface area contributed by atoms with Crippen LogP contribution < -0.4 is 0 Å². The predicted molar refractivity (Wildman–Crippen MR) is 18.5 cm³/mol. The maximum Gasteiger partial charge on any atom is 0.0402 e. The Morgan fingerprint density at radius 3 is 1.75 bits per heavy atom. The van der Waals surface area contributed by atoms with E-state index in [0.717, 1.165) is 0 Å². The molecule has 0 aromatic rings. The minimum atomic E-state index is 0. The maximum absolute atomic E-state index is 7.57. The molecule has 0 aromatic heterocycles. The summed E-state index contributed by atoms with van der Waals surface area (Å²) in [7, 11) is 0. The molecule has 1 nitrogen and oxygen atoms in total. The average Bonchev–Trinajstić information content (AvgIpc) is 0.918. The summed E-state index contributed by atoms with van der Waals surface area (Å²) in [5.41, 5.74) is 0. The molecule has 1 N–H and O–H groups in total. The summed E-state index contributed by atoms with van der Waals surface area (Å²) in [4.78, 5) is 0. The Kier molecular flexibility index (Phi) is 21.3. The zero-order valence-electron chi connectivity index (χ0n) is 2.60. The van der Waals surface area contributed by atoms with Crippen molar-refractivity contribution in [3.05, 3.63) is 0 Å². The zero-order chi connectivity index (χ0) is 2.71. The normalized spacial score (nSPS) is 4.50. The van der Waals surface area contributed by atoms with Crippen molar-refractivity contribution in [2.75, 3.05) is 6.61 Å². The summed E-state index contributed by atoms with van der Waals surface area (Å²) in [6.07, 6.45) is 0. The number of hydrogen-bond donors (Lipinski definition) is 1. The molecule has 0 saturated heterocycles. The van der Waals surface area contributed by atoms with E-state index in [-0.39, 0.29) is 24.6 Å². The summed E-state index contributed by atoms with van der Waals surface area (Å²) in [5.74, 6) is 0. The van der Waals surface area contributed by atoms with Crippen molar-refractivity contribution < 1.29 is 5.11 Å². The summed E-state index contributed by atoms with van der Waals surface area (Å²) in [6.45, 7) is 1.93. The second kappa shape index (κ2) is 9.68. The van der Waals surface area contributed by atoms with Gasteiger partial charge < -0.3 is 5.11 Å². The molecule has 0 aliphatic carbocycles. The van der Waals surface area contributed by atoms with E-state index in [2.05, 4.69) is 0 Å². The molecule has 0 amide bonds. The predicted octanol–water partition coefficient (Wildman–Crippen LogP) is -0.382. The van der Waals surface area contributed by atoms with Gasteiger partial charge in [0, 0.05) is 24.6 Å². The van der Waals surface area contributed by atoms with E-state index in [1.165, 1.54) is 0 Å². The van der Waals surface area contributed by atoms with Crippen LogP contribution in [0.1, 0.15) is 6.92 Å². The minimum Gasteiger partial charge on any atom is -0.397 e. The monoisotopic (exact) mass is 121 g/mol. The number of rotatable bonds is 0. The van der Waals surface area contributed by atoms with Crippen LogP contribution in [0.25, 0.3) is 0 Å². The van der Waals surface area contributed by atoms with Gasteiger partial charge in [-0.25, -0.2) is 0 Å². The first kappa shape index (κ1) is 8.82. The Bertz CT molecular complexity index is 6.00. The quantitative estimate of drug-likeness (QED) is 0.433. The molecule has 0 atom stereocenters. The largest absolute Gasteiger partial charge is 0.397 e. The third-order valence-corrected chi connectivity index (χ3v) is 0. The van der Waals surface area contributed by atoms with Crippen LogP contribution in [0.2, 0.25) is 0 Å². The van der Waals surface area contributed by atoms with Gasteiger partial charge in [-0.05, 0) is 6.92 Å². The number of hydrogen-bond acceptors (Lipinski definition) is 1. The zero-order valence-corrected chi connectivity index (χ0v) is 4.48. The van der Waals surface area contributed by atoms with Crippen molar-refractivity contribution in [1.29, 1.82) is 0 Å². The SMILES string of the molecule is CCO.[As]. The van der Waals surface area contributed by atoms with Gasteiger partial charge in [-0.15, -0.1) is 0 Å². The molecule has 0 saturated carbocycles. The summed E-state index contributed by atoms with van der Waals surface area (Å²) >= 11 is 0. The molecular weight excluding hydrogens is 115 g/mol. The smallest absolute Gasteiger partial charge is 0.0402 e. The fraction of sp³-hybridized carbons (Fsp3) is 1.00. The number of aliphatic hydroxyl groups excluding tert-OH is 1. The molecule has 0 aromatic carbocycles. The van der Waals surface area contributed by atoms with E-state index in [1.807, 2.05) is 0 Å². The Hall–Kier alpha value is 0.518. The van der Waals surface area contributed by atoms with E-state index >= 15 is 0 Å². The maximum atomic E-state index is 7.57. The van der Waals surface area contributed by atoms with E-state index in [0.29, 0.717) is 0 Å². The molecule has 0 spiro atoms. The molecule has 2 heteroatoms. The van der Waals surface area contributed by atoms with Crippen molar-refractivity contribution in [2.45, 2.75) is 6.92 Å². The molecule has 0 rings (SSSR count). The van der Waals surface area contributed by atoms with Crippen molar-refractivity contribution >= 4 is 18.0 Å². The molecule has 0 unspecified atom stereocenters. The van der Waals surface area contributed by atoms with Gasteiger partial charge in [0.2, 0.25) is 0 Å². The summed E-state index contributed by atoms with van der Waals surface area (Å²) < 4.78 is 0. The first-order valence-electron chi connectivity index (χ1n) is 1.02. The van der Waals surface area contributed by atoms with Gasteiger partial charge in [0.25, 0.3) is 0 Å². The Morgan fingerprint density at radius 1 is 1.75 bits per heavy atom. The Balaban J connectivity index is 0. The van der Waals surface area contributed by atoms with Crippen LogP contribution in [0.5, 0.6) is 0 Å². The molecule has 25 valence electrons. The van der Waals surface area contributed by atoms with Gasteiger partial charge in [0.1, 0.15) is 0 Å². The van der Waals surface area contributed by atoms with Crippen LogP contribution >= 0.6 is 0 Å². The van der Waals surface area contributed by atoms with Crippen molar-refractivity contribution in [2.24, 2.45) is 0 Å². The summed E-state index contributed by atoms with van der Waals surface area (Å²) in [5, 5.41) is 7.57. The van der Waals surface area contributed by atoms with Crippen LogP contribution in [-0.4, -0.2) is 29.7 Å². The van der Waals surface area contributed by atoms with Crippen molar-refractivity contribution in [1.82, 2.24) is 0 Å². The van der Waals surface area contributed by atoms with E-state index in [4.69, 9.17) is 5.11 Å². The standard InChI is InChI=1S/C2H6O.As/c1-2-3;/h3H,2H2,1H3;. The second-order valence-electron chi connectivity index (χ2n) is 0.316. The van der Waals surface area contributed by atoms with Crippen LogP contribution in [0, 0.1) is 0 Å². The minimum absolute atomic E-state index is 0. The first-order valence-corrected chi connectivity index (χ1v) is 1.02. The molecular formula is C2H6AsO. The summed E-state index contributed by atoms with van der Waals surface area (Å²) in [6, 6.07) is 0. The van der Waals surface area contributed by atoms with Gasteiger partial charge in [-0.1, -0.05) is 0 Å². The van der Waals surface area contributed by atoms with Crippen molar-refractivity contribution in [3.8, 4) is 0 Å². The number of aliphatic hydroxyl groups is 1. The Morgan fingerprint density at radius 2 is 1.75 bits per heavy atom. The van der Waals surface area contributed by atoms with E-state index in [9.17, 15) is 0 Å². The topological polar surface area (TPSA) is 20.2 Å². The molecule has 0 bridgehead atoms. The van der Waals surface area contributed by atoms with Gasteiger partial charge in [0.15, 0.2) is 0 Å². The van der Waals surface area contributed by atoms with Gasteiger partial charge in [0.05, 0.1) is 0 Å². The fourth-order valence-electron chi connectivity index (χ4n) is 0. The Labute approximate surface area is 37.3 Å². The molecule has 3 radical (unpaired) electrons. The van der Waals surface area contributed by atoms with E-state index < -0.39 is 0 Å². The van der Waals surface area contributed by atoms with Crippen LogP contribution in [0.4, 0.5) is 0 Å². The second-order valence-corrected chi connectivity index (χ2v) is 0.316. The first-order chi connectivity index (χ1) is 1.41. The van der Waals surface area contributed by atoms with Crippen LogP contribution in [-0.2, 0) is 0 Å². The average molecular weight is 121 g/mol. The van der Waals surface area contributed by atoms with Crippen molar-refractivity contribution in [3.63, 3.8) is 0 Å². The van der Waals surface area contributed by atoms with Gasteiger partial charge in [-0.2, -0.15) is 0 Å². The van der Waals surface area contributed by atoms with E-state index in [1.54, 1.807) is 6.92 Å². The molecule has 4 heavy (non-hydrogen) atoms. The van der Waals surface area contributed by atoms with Crippen LogP contribution in [0.3, 0.4) is 0 Å². The molecule has 0 heterocycles. The molecule has 0 aliphatic heterocycles. The van der Waals surface area contributed by atoms with Gasteiger partial charge >= 0.3 is 0 Å². The van der Waals surface area contributed by atoms with Gasteiger partial charge in [-0.3, -0.25) is 0 Å². The fourth-order valence-corrected chi connectivity index (χ4v) is 0. The third kappa shape index (κ3) is 21.6.